The molecule has 98 valence electrons. The van der Waals surface area contributed by atoms with Crippen molar-refractivity contribution < 1.29 is 14.7 Å². The summed E-state index contributed by atoms with van der Waals surface area (Å²) in [6.45, 7) is 0. The van der Waals surface area contributed by atoms with Gasteiger partial charge in [-0.1, -0.05) is 6.07 Å². The molecule has 0 atom stereocenters. The minimum atomic E-state index is -1.23. The van der Waals surface area contributed by atoms with E-state index in [9.17, 15) is 9.59 Å². The topological polar surface area (TPSA) is 103 Å². The fourth-order valence-electron chi connectivity index (χ4n) is 1.60. The van der Waals surface area contributed by atoms with Crippen molar-refractivity contribution in [3.05, 3.63) is 59.4 Å². The van der Waals surface area contributed by atoms with Crippen molar-refractivity contribution in [2.75, 3.05) is 5.32 Å². The zero-order valence-electron chi connectivity index (χ0n) is 10.2. The average Bonchev–Trinajstić information content (AvgIpc) is 2.47. The molecule has 6 nitrogen and oxygen atoms in total. The molecule has 1 amide bonds. The summed E-state index contributed by atoms with van der Waals surface area (Å²) >= 11 is 0. The fraction of sp³-hybridized carbons (Fsp3) is 0. The number of aromatic nitrogens is 1. The molecule has 2 aromatic rings. The molecule has 0 fully saturated rings. The fourth-order valence-corrected chi connectivity index (χ4v) is 1.60. The predicted octanol–water partition coefficient (Wildman–Crippen LogP) is 1.90. The highest BCUT2D eigenvalue weighted by Crippen LogP contribution is 2.14. The molecule has 0 saturated heterocycles. The number of aromatic carboxylic acids is 1. The van der Waals surface area contributed by atoms with Crippen molar-refractivity contribution in [3.8, 4) is 6.07 Å². The van der Waals surface area contributed by atoms with E-state index in [1.165, 1.54) is 30.5 Å². The van der Waals surface area contributed by atoms with Crippen LogP contribution in [0.15, 0.2) is 42.6 Å². The van der Waals surface area contributed by atoms with E-state index in [-0.39, 0.29) is 16.9 Å². The molecule has 0 aliphatic heterocycles. The van der Waals surface area contributed by atoms with E-state index in [1.807, 2.05) is 6.07 Å². The van der Waals surface area contributed by atoms with Crippen molar-refractivity contribution in [1.29, 1.82) is 5.26 Å². The lowest BCUT2D eigenvalue weighted by molar-refractivity contribution is 0.0692. The summed E-state index contributed by atoms with van der Waals surface area (Å²) in [7, 11) is 0. The first kappa shape index (κ1) is 13.2. The number of benzene rings is 1. The number of nitrogens with zero attached hydrogens (tertiary/aromatic N) is 2. The summed E-state index contributed by atoms with van der Waals surface area (Å²) in [6.07, 6.45) is 1.33. The second kappa shape index (κ2) is 5.63. The second-order valence-electron chi connectivity index (χ2n) is 3.85. The molecular formula is C14H9N3O3. The van der Waals surface area contributed by atoms with Crippen molar-refractivity contribution in [2.45, 2.75) is 0 Å². The third-order valence-electron chi connectivity index (χ3n) is 2.51. The van der Waals surface area contributed by atoms with Crippen molar-refractivity contribution in [2.24, 2.45) is 0 Å². The van der Waals surface area contributed by atoms with Gasteiger partial charge in [-0.15, -0.1) is 0 Å². The van der Waals surface area contributed by atoms with Crippen molar-refractivity contribution in [3.63, 3.8) is 0 Å². The molecule has 0 unspecified atom stereocenters. The van der Waals surface area contributed by atoms with Gasteiger partial charge < -0.3 is 10.4 Å². The lowest BCUT2D eigenvalue weighted by atomic mass is 10.1. The number of hydrogen-bond acceptors (Lipinski definition) is 4. The summed E-state index contributed by atoms with van der Waals surface area (Å²) in [5.41, 5.74) is 0.483. The third kappa shape index (κ3) is 2.79. The van der Waals surface area contributed by atoms with E-state index in [0.29, 0.717) is 5.56 Å². The molecule has 1 aromatic carbocycles. The monoisotopic (exact) mass is 267 g/mol. The van der Waals surface area contributed by atoms with Crippen LogP contribution in [0.25, 0.3) is 0 Å². The summed E-state index contributed by atoms with van der Waals surface area (Å²) in [4.78, 5) is 26.7. The van der Waals surface area contributed by atoms with Crippen LogP contribution in [-0.4, -0.2) is 22.0 Å². The van der Waals surface area contributed by atoms with Gasteiger partial charge in [-0.2, -0.15) is 5.26 Å². The molecule has 0 spiro atoms. The van der Waals surface area contributed by atoms with E-state index in [1.54, 1.807) is 12.1 Å². The molecule has 0 aliphatic rings. The summed E-state index contributed by atoms with van der Waals surface area (Å²) < 4.78 is 0. The van der Waals surface area contributed by atoms with Crippen LogP contribution in [0.1, 0.15) is 26.4 Å². The smallest absolute Gasteiger partial charge is 0.356 e. The maximum absolute atomic E-state index is 12.0. The predicted molar refractivity (Wildman–Crippen MR) is 70.3 cm³/mol. The highest BCUT2D eigenvalue weighted by Gasteiger charge is 2.14. The van der Waals surface area contributed by atoms with Gasteiger partial charge in [0.05, 0.1) is 17.3 Å². The number of nitrogens with one attached hydrogen (secondary N) is 1. The van der Waals surface area contributed by atoms with Crippen LogP contribution in [0, 0.1) is 11.3 Å². The first-order valence-electron chi connectivity index (χ1n) is 5.61. The molecule has 0 aliphatic carbocycles. The SMILES string of the molecule is N#Cc1cccc(C(=O)Nc2cccnc2C(=O)O)c1. The Morgan fingerprint density at radius 2 is 2.05 bits per heavy atom. The zero-order valence-corrected chi connectivity index (χ0v) is 10.2. The molecule has 2 rings (SSSR count). The molecule has 6 heteroatoms. The largest absolute Gasteiger partial charge is 0.476 e. The molecule has 0 radical (unpaired) electrons. The Balaban J connectivity index is 2.28. The molecule has 1 heterocycles. The van der Waals surface area contributed by atoms with Crippen LogP contribution in [0.4, 0.5) is 5.69 Å². The Labute approximate surface area is 114 Å². The quantitative estimate of drug-likeness (QED) is 0.884. The minimum absolute atomic E-state index is 0.104. The normalized spacial score (nSPS) is 9.55. The Morgan fingerprint density at radius 3 is 2.75 bits per heavy atom. The number of carbonyl (C=O) groups is 2. The van der Waals surface area contributed by atoms with Crippen LogP contribution >= 0.6 is 0 Å². The summed E-state index contributed by atoms with van der Waals surface area (Å²) in [6, 6.07) is 11.0. The molecule has 2 N–H and O–H groups in total. The minimum Gasteiger partial charge on any atom is -0.476 e. The number of pyridine rings is 1. The number of nitriles is 1. The van der Waals surface area contributed by atoms with Gasteiger partial charge in [0, 0.05) is 11.8 Å². The molecule has 0 saturated carbocycles. The number of amides is 1. The number of anilines is 1. The highest BCUT2D eigenvalue weighted by atomic mass is 16.4. The van der Waals surface area contributed by atoms with E-state index in [2.05, 4.69) is 10.3 Å². The Morgan fingerprint density at radius 1 is 1.25 bits per heavy atom. The summed E-state index contributed by atoms with van der Waals surface area (Å²) in [5.74, 6) is -1.73. The van der Waals surface area contributed by atoms with Crippen molar-refractivity contribution in [1.82, 2.24) is 4.98 Å². The Hall–Kier alpha value is -3.20. The number of carboxylic acid groups (broad SMARTS) is 1. The maximum Gasteiger partial charge on any atom is 0.356 e. The lowest BCUT2D eigenvalue weighted by Gasteiger charge is -2.07. The Bertz CT molecular complexity index is 720. The first-order valence-corrected chi connectivity index (χ1v) is 5.61. The number of rotatable bonds is 3. The zero-order chi connectivity index (χ0) is 14.5. The first-order chi connectivity index (χ1) is 9.61. The van der Waals surface area contributed by atoms with Gasteiger partial charge in [0.1, 0.15) is 0 Å². The number of carbonyl (C=O) groups excluding carboxylic acids is 1. The number of carboxylic acids is 1. The third-order valence-corrected chi connectivity index (χ3v) is 2.51. The van der Waals surface area contributed by atoms with Gasteiger partial charge in [0.2, 0.25) is 0 Å². The van der Waals surface area contributed by atoms with Crippen LogP contribution < -0.4 is 5.32 Å². The Kier molecular flexibility index (Phi) is 3.72. The lowest BCUT2D eigenvalue weighted by Crippen LogP contribution is -2.15. The highest BCUT2D eigenvalue weighted by molar-refractivity contribution is 6.07. The van der Waals surface area contributed by atoms with Gasteiger partial charge in [-0.25, -0.2) is 9.78 Å². The average molecular weight is 267 g/mol. The van der Waals surface area contributed by atoms with E-state index in [0.717, 1.165) is 0 Å². The van der Waals surface area contributed by atoms with E-state index < -0.39 is 11.9 Å². The molecule has 20 heavy (non-hydrogen) atoms. The standard InChI is InChI=1S/C14H9N3O3/c15-8-9-3-1-4-10(7-9)13(18)17-11-5-2-6-16-12(11)14(19)20/h1-7H,(H,17,18)(H,19,20). The molecule has 1 aromatic heterocycles. The van der Waals surface area contributed by atoms with Crippen LogP contribution in [-0.2, 0) is 0 Å². The maximum atomic E-state index is 12.0. The van der Waals surface area contributed by atoms with Crippen LogP contribution in [0.5, 0.6) is 0 Å². The summed E-state index contributed by atoms with van der Waals surface area (Å²) in [5, 5.41) is 20.2. The van der Waals surface area contributed by atoms with E-state index in [4.69, 9.17) is 10.4 Å². The van der Waals surface area contributed by atoms with Gasteiger partial charge in [-0.05, 0) is 30.3 Å². The molecule has 0 bridgehead atoms. The van der Waals surface area contributed by atoms with Crippen molar-refractivity contribution >= 4 is 17.6 Å². The van der Waals surface area contributed by atoms with Gasteiger partial charge >= 0.3 is 5.97 Å². The van der Waals surface area contributed by atoms with Gasteiger partial charge in [0.25, 0.3) is 5.91 Å². The second-order valence-corrected chi connectivity index (χ2v) is 3.85. The van der Waals surface area contributed by atoms with Crippen LogP contribution in [0.3, 0.4) is 0 Å². The van der Waals surface area contributed by atoms with E-state index >= 15 is 0 Å². The van der Waals surface area contributed by atoms with Gasteiger partial charge in [0.15, 0.2) is 5.69 Å². The van der Waals surface area contributed by atoms with Crippen LogP contribution in [0.2, 0.25) is 0 Å². The van der Waals surface area contributed by atoms with Gasteiger partial charge in [-0.3, -0.25) is 4.79 Å². The number of hydrogen-bond donors (Lipinski definition) is 2. The molecular weight excluding hydrogens is 258 g/mol.